The number of rotatable bonds is 2. The summed E-state index contributed by atoms with van der Waals surface area (Å²) in [5, 5.41) is 8.65. The highest BCUT2D eigenvalue weighted by Crippen LogP contribution is 2.05. The van der Waals surface area contributed by atoms with Gasteiger partial charge in [-0.05, 0) is 23.8 Å². The molecule has 0 spiro atoms. The van der Waals surface area contributed by atoms with E-state index in [4.69, 9.17) is 5.26 Å². The van der Waals surface area contributed by atoms with Gasteiger partial charge in [0.2, 0.25) is 0 Å². The lowest BCUT2D eigenvalue weighted by Crippen LogP contribution is -2.04. The zero-order valence-corrected chi connectivity index (χ0v) is 8.74. The van der Waals surface area contributed by atoms with E-state index in [1.807, 2.05) is 30.6 Å². The van der Waals surface area contributed by atoms with Gasteiger partial charge in [0, 0.05) is 25.0 Å². The van der Waals surface area contributed by atoms with Crippen LogP contribution in [0.15, 0.2) is 46.5 Å². The summed E-state index contributed by atoms with van der Waals surface area (Å²) < 4.78 is 0. The fraction of sp³-hybridized carbons (Fsp3) is 0.154. The Balaban J connectivity index is 2.03. The third-order valence-corrected chi connectivity index (χ3v) is 2.30. The standard InChI is InChI=1S/C13H11N3/c14-9-11-1-3-12(4-2-11)10-16-13-5-7-15-8-6-13/h1-5,7-8,10,13H,6H2. The Morgan fingerprint density at radius 2 is 2.19 bits per heavy atom. The summed E-state index contributed by atoms with van der Waals surface area (Å²) in [4.78, 5) is 8.41. The highest BCUT2D eigenvalue weighted by atomic mass is 14.8. The molecule has 0 aromatic heterocycles. The van der Waals surface area contributed by atoms with Crippen molar-refractivity contribution < 1.29 is 0 Å². The van der Waals surface area contributed by atoms with Crippen molar-refractivity contribution in [2.45, 2.75) is 12.5 Å². The second-order valence-corrected chi connectivity index (χ2v) is 3.49. The lowest BCUT2D eigenvalue weighted by atomic mass is 10.1. The first-order valence-electron chi connectivity index (χ1n) is 5.10. The van der Waals surface area contributed by atoms with Crippen LogP contribution in [0.1, 0.15) is 17.5 Å². The van der Waals surface area contributed by atoms with E-state index in [1.54, 1.807) is 18.3 Å². The Bertz CT molecular complexity index is 475. The van der Waals surface area contributed by atoms with Gasteiger partial charge in [0.15, 0.2) is 0 Å². The van der Waals surface area contributed by atoms with E-state index in [-0.39, 0.29) is 6.04 Å². The molecule has 1 aliphatic rings. The Labute approximate surface area is 94.5 Å². The maximum absolute atomic E-state index is 8.65. The van der Waals surface area contributed by atoms with E-state index in [0.717, 1.165) is 12.0 Å². The average Bonchev–Trinajstić information content (AvgIpc) is 2.38. The zero-order chi connectivity index (χ0) is 11.2. The predicted molar refractivity (Wildman–Crippen MR) is 64.8 cm³/mol. The van der Waals surface area contributed by atoms with Crippen LogP contribution in [0, 0.1) is 11.3 Å². The highest BCUT2D eigenvalue weighted by Gasteiger charge is 2.01. The van der Waals surface area contributed by atoms with Crippen LogP contribution >= 0.6 is 0 Å². The maximum Gasteiger partial charge on any atom is 0.0991 e. The molecule has 1 aromatic carbocycles. The summed E-state index contributed by atoms with van der Waals surface area (Å²) in [6.07, 6.45) is 8.28. The molecule has 0 fully saturated rings. The Morgan fingerprint density at radius 1 is 1.38 bits per heavy atom. The van der Waals surface area contributed by atoms with Crippen molar-refractivity contribution in [3.63, 3.8) is 0 Å². The van der Waals surface area contributed by atoms with Gasteiger partial charge in [0.05, 0.1) is 17.7 Å². The third kappa shape index (κ3) is 2.64. The average molecular weight is 209 g/mol. The van der Waals surface area contributed by atoms with Gasteiger partial charge in [-0.25, -0.2) is 0 Å². The number of benzene rings is 1. The molecule has 0 saturated heterocycles. The fourth-order valence-corrected chi connectivity index (χ4v) is 1.39. The fourth-order valence-electron chi connectivity index (χ4n) is 1.39. The van der Waals surface area contributed by atoms with E-state index in [9.17, 15) is 0 Å². The minimum atomic E-state index is 0.188. The van der Waals surface area contributed by atoms with Crippen LogP contribution < -0.4 is 0 Å². The first kappa shape index (κ1) is 10.3. The SMILES string of the molecule is N#Cc1ccc(C=NC2C=CN=CC2)cc1. The molecule has 1 unspecified atom stereocenters. The minimum absolute atomic E-state index is 0.188. The monoisotopic (exact) mass is 209 g/mol. The second kappa shape index (κ2) is 5.04. The van der Waals surface area contributed by atoms with Crippen LogP contribution in [0.2, 0.25) is 0 Å². The molecule has 3 heteroatoms. The van der Waals surface area contributed by atoms with Crippen molar-refractivity contribution in [1.82, 2.24) is 0 Å². The van der Waals surface area contributed by atoms with Crippen LogP contribution in [-0.2, 0) is 0 Å². The van der Waals surface area contributed by atoms with Gasteiger partial charge in [-0.1, -0.05) is 12.1 Å². The Kier molecular flexibility index (Phi) is 3.25. The van der Waals surface area contributed by atoms with Crippen molar-refractivity contribution in [2.24, 2.45) is 9.98 Å². The molecule has 78 valence electrons. The van der Waals surface area contributed by atoms with E-state index in [1.165, 1.54) is 0 Å². The normalized spacial score (nSPS) is 18.8. The Hall–Kier alpha value is -2.21. The molecule has 1 aliphatic heterocycles. The summed E-state index contributed by atoms with van der Waals surface area (Å²) in [5.41, 5.74) is 1.68. The lowest BCUT2D eigenvalue weighted by molar-refractivity contribution is 0.862. The first-order valence-corrected chi connectivity index (χ1v) is 5.10. The van der Waals surface area contributed by atoms with Gasteiger partial charge in [-0.3, -0.25) is 9.98 Å². The smallest absolute Gasteiger partial charge is 0.0991 e. The molecule has 0 N–H and O–H groups in total. The van der Waals surface area contributed by atoms with Crippen molar-refractivity contribution in [3.05, 3.63) is 47.7 Å². The molecule has 0 aliphatic carbocycles. The van der Waals surface area contributed by atoms with Gasteiger partial charge < -0.3 is 0 Å². The zero-order valence-electron chi connectivity index (χ0n) is 8.74. The van der Waals surface area contributed by atoms with Crippen molar-refractivity contribution in [1.29, 1.82) is 5.26 Å². The van der Waals surface area contributed by atoms with E-state index >= 15 is 0 Å². The second-order valence-electron chi connectivity index (χ2n) is 3.49. The lowest BCUT2D eigenvalue weighted by Gasteiger charge is -2.05. The molecule has 1 heterocycles. The molecule has 0 amide bonds. The maximum atomic E-state index is 8.65. The molecular formula is C13H11N3. The first-order chi connectivity index (χ1) is 7.88. The quantitative estimate of drug-likeness (QED) is 0.689. The summed E-state index contributed by atoms with van der Waals surface area (Å²) in [7, 11) is 0. The van der Waals surface area contributed by atoms with Crippen LogP contribution in [0.3, 0.4) is 0 Å². The summed E-state index contributed by atoms with van der Waals surface area (Å²) in [6, 6.07) is 9.64. The van der Waals surface area contributed by atoms with Gasteiger partial charge in [0.25, 0.3) is 0 Å². The topological polar surface area (TPSA) is 48.5 Å². The summed E-state index contributed by atoms with van der Waals surface area (Å²) in [5.74, 6) is 0. The highest BCUT2D eigenvalue weighted by molar-refractivity contribution is 5.80. The number of nitrogens with zero attached hydrogens (tertiary/aromatic N) is 3. The van der Waals surface area contributed by atoms with Crippen molar-refractivity contribution >= 4 is 12.4 Å². The van der Waals surface area contributed by atoms with Crippen molar-refractivity contribution in [2.75, 3.05) is 0 Å². The molecule has 2 rings (SSSR count). The van der Waals surface area contributed by atoms with Gasteiger partial charge in [-0.15, -0.1) is 0 Å². The van der Waals surface area contributed by atoms with Gasteiger partial charge in [0.1, 0.15) is 0 Å². The van der Waals surface area contributed by atoms with Crippen LogP contribution in [0.4, 0.5) is 0 Å². The van der Waals surface area contributed by atoms with Crippen LogP contribution in [0.25, 0.3) is 0 Å². The molecule has 1 aromatic rings. The molecule has 0 radical (unpaired) electrons. The number of aliphatic imine (C=N–C) groups is 2. The number of hydrogen-bond donors (Lipinski definition) is 0. The largest absolute Gasteiger partial charge is 0.285 e. The molecule has 0 bridgehead atoms. The minimum Gasteiger partial charge on any atom is -0.285 e. The van der Waals surface area contributed by atoms with E-state index < -0.39 is 0 Å². The molecular weight excluding hydrogens is 198 g/mol. The molecule has 16 heavy (non-hydrogen) atoms. The number of hydrogen-bond acceptors (Lipinski definition) is 3. The summed E-state index contributed by atoms with van der Waals surface area (Å²) in [6.45, 7) is 0. The van der Waals surface area contributed by atoms with Gasteiger partial charge in [-0.2, -0.15) is 5.26 Å². The van der Waals surface area contributed by atoms with Crippen molar-refractivity contribution in [3.8, 4) is 6.07 Å². The van der Waals surface area contributed by atoms with Gasteiger partial charge >= 0.3 is 0 Å². The predicted octanol–water partition coefficient (Wildman–Crippen LogP) is 2.33. The number of nitriles is 1. The molecule has 3 nitrogen and oxygen atoms in total. The third-order valence-electron chi connectivity index (χ3n) is 2.30. The molecule has 0 saturated carbocycles. The van der Waals surface area contributed by atoms with E-state index in [0.29, 0.717) is 5.56 Å². The van der Waals surface area contributed by atoms with E-state index in [2.05, 4.69) is 16.1 Å². The van der Waals surface area contributed by atoms with Crippen LogP contribution in [-0.4, -0.2) is 18.5 Å². The molecule has 1 atom stereocenters. The Morgan fingerprint density at radius 3 is 2.81 bits per heavy atom. The summed E-state index contributed by atoms with van der Waals surface area (Å²) >= 11 is 0. The van der Waals surface area contributed by atoms with Crippen LogP contribution in [0.5, 0.6) is 0 Å².